The number of nitrogens with two attached hydrogens (primary N) is 3. The third kappa shape index (κ3) is 7.29. The fourth-order valence-electron chi connectivity index (χ4n) is 3.03. The van der Waals surface area contributed by atoms with E-state index in [0.717, 1.165) is 34.6 Å². The van der Waals surface area contributed by atoms with E-state index in [1.807, 2.05) is 48.7 Å². The SMILES string of the molecule is CC.CCO.CC[C@H](Cc1nc(-c2ccc(CN)cc2)c2c(N)nccn12)OCCN. The molecular formula is C23H38N6O2. The third-order valence-electron chi connectivity index (χ3n) is 4.46. The Morgan fingerprint density at radius 1 is 1.13 bits per heavy atom. The number of aliphatic hydroxyl groups excluding tert-OH is 1. The molecule has 2 aromatic heterocycles. The summed E-state index contributed by atoms with van der Waals surface area (Å²) in [6.07, 6.45) is 5.21. The fraction of sp³-hybridized carbons (Fsp3) is 0.478. The van der Waals surface area contributed by atoms with Crippen LogP contribution < -0.4 is 17.2 Å². The highest BCUT2D eigenvalue weighted by Crippen LogP contribution is 2.29. The second-order valence-corrected chi connectivity index (χ2v) is 6.52. The standard InChI is InChI=1S/C19H26N6O.C2H6O.C2H6/c1-2-15(26-10-7-20)11-16-24-17(14-5-3-13(12-21)4-6-14)18-19(22)23-8-9-25(16)18;1-2-3;1-2/h3-6,8-9,15H,2,7,10-12,20-21H2,1H3,(H2,22,23);3H,2H2,1H3;1-2H3/t15-;;/m1../s1. The molecule has 1 aromatic carbocycles. The average Bonchev–Trinajstić information content (AvgIpc) is 3.18. The molecule has 172 valence electrons. The van der Waals surface area contributed by atoms with Crippen LogP contribution in [0.5, 0.6) is 0 Å². The van der Waals surface area contributed by atoms with Crippen LogP contribution in [0.25, 0.3) is 16.8 Å². The lowest BCUT2D eigenvalue weighted by Crippen LogP contribution is -2.21. The van der Waals surface area contributed by atoms with Crippen LogP contribution in [0.2, 0.25) is 0 Å². The van der Waals surface area contributed by atoms with E-state index in [-0.39, 0.29) is 12.7 Å². The van der Waals surface area contributed by atoms with Crippen LogP contribution >= 0.6 is 0 Å². The van der Waals surface area contributed by atoms with Gasteiger partial charge in [0.05, 0.1) is 12.7 Å². The number of ether oxygens (including phenoxy) is 1. The number of nitrogen functional groups attached to an aromatic ring is 1. The van der Waals surface area contributed by atoms with Gasteiger partial charge in [-0.25, -0.2) is 9.97 Å². The van der Waals surface area contributed by atoms with Gasteiger partial charge in [0.25, 0.3) is 0 Å². The molecule has 3 rings (SSSR count). The largest absolute Gasteiger partial charge is 0.397 e. The van der Waals surface area contributed by atoms with Crippen molar-refractivity contribution >= 4 is 11.3 Å². The Morgan fingerprint density at radius 3 is 2.32 bits per heavy atom. The highest BCUT2D eigenvalue weighted by atomic mass is 16.5. The summed E-state index contributed by atoms with van der Waals surface area (Å²) >= 11 is 0. The molecule has 0 amide bonds. The Morgan fingerprint density at radius 2 is 1.77 bits per heavy atom. The molecule has 31 heavy (non-hydrogen) atoms. The monoisotopic (exact) mass is 430 g/mol. The lowest BCUT2D eigenvalue weighted by Gasteiger charge is -2.14. The zero-order valence-electron chi connectivity index (χ0n) is 19.2. The van der Waals surface area contributed by atoms with Crippen molar-refractivity contribution in [2.24, 2.45) is 11.5 Å². The van der Waals surface area contributed by atoms with Crippen LogP contribution in [0.1, 0.15) is 45.5 Å². The Kier molecular flexibility index (Phi) is 12.4. The van der Waals surface area contributed by atoms with Crippen molar-refractivity contribution in [2.75, 3.05) is 25.5 Å². The molecule has 0 bridgehead atoms. The van der Waals surface area contributed by atoms with Crippen LogP contribution in [-0.2, 0) is 17.7 Å². The van der Waals surface area contributed by atoms with Crippen molar-refractivity contribution in [3.05, 3.63) is 48.0 Å². The molecular weight excluding hydrogens is 392 g/mol. The zero-order chi connectivity index (χ0) is 23.2. The smallest absolute Gasteiger partial charge is 0.150 e. The van der Waals surface area contributed by atoms with Crippen molar-refractivity contribution in [1.82, 2.24) is 14.4 Å². The van der Waals surface area contributed by atoms with Crippen molar-refractivity contribution < 1.29 is 9.84 Å². The molecule has 0 aliphatic heterocycles. The number of aromatic nitrogens is 3. The maximum atomic E-state index is 7.57. The van der Waals surface area contributed by atoms with E-state index in [2.05, 4.69) is 11.9 Å². The van der Waals surface area contributed by atoms with Gasteiger partial charge in [0, 0.05) is 44.1 Å². The van der Waals surface area contributed by atoms with E-state index in [4.69, 9.17) is 32.0 Å². The molecule has 0 aliphatic carbocycles. The van der Waals surface area contributed by atoms with Crippen LogP contribution in [0.4, 0.5) is 5.82 Å². The van der Waals surface area contributed by atoms with E-state index in [0.29, 0.717) is 31.9 Å². The molecule has 0 aliphatic rings. The van der Waals surface area contributed by atoms with Gasteiger partial charge in [0.15, 0.2) is 0 Å². The number of nitrogens with zero attached hydrogens (tertiary/aromatic N) is 3. The number of rotatable bonds is 8. The lowest BCUT2D eigenvalue weighted by atomic mass is 10.1. The highest BCUT2D eigenvalue weighted by Gasteiger charge is 2.18. The van der Waals surface area contributed by atoms with Gasteiger partial charge in [-0.1, -0.05) is 45.0 Å². The van der Waals surface area contributed by atoms with Gasteiger partial charge >= 0.3 is 0 Å². The summed E-state index contributed by atoms with van der Waals surface area (Å²) in [6, 6.07) is 8.05. The van der Waals surface area contributed by atoms with Gasteiger partial charge in [-0.3, -0.25) is 4.40 Å². The summed E-state index contributed by atoms with van der Waals surface area (Å²) in [5.74, 6) is 1.36. The van der Waals surface area contributed by atoms with Gasteiger partial charge in [-0.2, -0.15) is 0 Å². The minimum atomic E-state index is 0.0611. The van der Waals surface area contributed by atoms with E-state index in [9.17, 15) is 0 Å². The topological polar surface area (TPSA) is 138 Å². The predicted octanol–water partition coefficient (Wildman–Crippen LogP) is 2.76. The molecule has 0 radical (unpaired) electrons. The van der Waals surface area contributed by atoms with Crippen LogP contribution in [0, 0.1) is 0 Å². The Balaban J connectivity index is 0.000000884. The molecule has 0 saturated heterocycles. The van der Waals surface area contributed by atoms with Crippen molar-refractivity contribution in [2.45, 2.75) is 53.2 Å². The van der Waals surface area contributed by atoms with E-state index in [1.165, 1.54) is 0 Å². The molecule has 8 nitrogen and oxygen atoms in total. The number of imidazole rings is 1. The number of aliphatic hydroxyl groups is 1. The van der Waals surface area contributed by atoms with Gasteiger partial charge in [0.1, 0.15) is 22.9 Å². The first-order valence-corrected chi connectivity index (χ1v) is 10.9. The summed E-state index contributed by atoms with van der Waals surface area (Å²) in [5, 5.41) is 7.57. The van der Waals surface area contributed by atoms with Crippen molar-refractivity contribution in [3.8, 4) is 11.3 Å². The maximum Gasteiger partial charge on any atom is 0.150 e. The summed E-state index contributed by atoms with van der Waals surface area (Å²) in [7, 11) is 0. The molecule has 0 saturated carbocycles. The van der Waals surface area contributed by atoms with Crippen LogP contribution in [-0.4, -0.2) is 45.3 Å². The second kappa shape index (κ2) is 14.5. The van der Waals surface area contributed by atoms with E-state index >= 15 is 0 Å². The summed E-state index contributed by atoms with van der Waals surface area (Å²) in [5.41, 5.74) is 21.1. The van der Waals surface area contributed by atoms with Gasteiger partial charge in [0.2, 0.25) is 0 Å². The molecule has 7 N–H and O–H groups in total. The minimum Gasteiger partial charge on any atom is -0.397 e. The summed E-state index contributed by atoms with van der Waals surface area (Å²) in [6.45, 7) is 9.59. The molecule has 2 heterocycles. The van der Waals surface area contributed by atoms with Gasteiger partial charge in [-0.15, -0.1) is 0 Å². The molecule has 8 heteroatoms. The number of hydrogen-bond donors (Lipinski definition) is 4. The van der Waals surface area contributed by atoms with E-state index in [1.54, 1.807) is 13.1 Å². The summed E-state index contributed by atoms with van der Waals surface area (Å²) in [4.78, 5) is 9.11. The maximum absolute atomic E-state index is 7.57. The zero-order valence-corrected chi connectivity index (χ0v) is 19.2. The highest BCUT2D eigenvalue weighted by molar-refractivity contribution is 5.85. The second-order valence-electron chi connectivity index (χ2n) is 6.52. The molecule has 3 aromatic rings. The fourth-order valence-corrected chi connectivity index (χ4v) is 3.03. The lowest BCUT2D eigenvalue weighted by molar-refractivity contribution is 0.0551. The van der Waals surface area contributed by atoms with Crippen molar-refractivity contribution in [1.29, 1.82) is 0 Å². The van der Waals surface area contributed by atoms with E-state index < -0.39 is 0 Å². The molecule has 1 atom stereocenters. The number of hydrogen-bond acceptors (Lipinski definition) is 7. The van der Waals surface area contributed by atoms with Crippen LogP contribution in [0.3, 0.4) is 0 Å². The normalized spacial score (nSPS) is 11.3. The molecule has 0 unspecified atom stereocenters. The van der Waals surface area contributed by atoms with Crippen LogP contribution in [0.15, 0.2) is 36.7 Å². The van der Waals surface area contributed by atoms with Crippen molar-refractivity contribution in [3.63, 3.8) is 0 Å². The Hall–Kier alpha value is -2.52. The first-order valence-electron chi connectivity index (χ1n) is 10.9. The predicted molar refractivity (Wildman–Crippen MR) is 128 cm³/mol. The molecule has 0 fully saturated rings. The number of benzene rings is 1. The number of anilines is 1. The Bertz CT molecular complexity index is 880. The Labute approximate surface area is 185 Å². The average molecular weight is 431 g/mol. The van der Waals surface area contributed by atoms with Gasteiger partial charge in [-0.05, 0) is 18.9 Å². The first-order chi connectivity index (χ1) is 15.1. The summed E-state index contributed by atoms with van der Waals surface area (Å²) < 4.78 is 7.83. The quantitative estimate of drug-likeness (QED) is 0.431. The minimum absolute atomic E-state index is 0.0611. The first kappa shape index (κ1) is 26.5. The molecule has 0 spiro atoms. The third-order valence-corrected chi connectivity index (χ3v) is 4.46. The number of fused-ring (bicyclic) bond motifs is 1. The van der Waals surface area contributed by atoms with Gasteiger partial charge < -0.3 is 27.0 Å².